The minimum absolute atomic E-state index is 0.163. The van der Waals surface area contributed by atoms with Crippen LogP contribution in [0, 0.1) is 6.92 Å². The van der Waals surface area contributed by atoms with Gasteiger partial charge in [-0.15, -0.1) is 34.0 Å². The molecule has 0 spiro atoms. The van der Waals surface area contributed by atoms with E-state index in [9.17, 15) is 14.4 Å². The summed E-state index contributed by atoms with van der Waals surface area (Å²) in [6.45, 7) is 5.60. The van der Waals surface area contributed by atoms with Crippen molar-refractivity contribution in [1.29, 1.82) is 0 Å². The number of ketones is 2. The van der Waals surface area contributed by atoms with Crippen LogP contribution < -0.4 is 0 Å². The lowest BCUT2D eigenvalue weighted by molar-refractivity contribution is -0.134. The molecule has 0 saturated heterocycles. The second-order valence-electron chi connectivity index (χ2n) is 5.47. The van der Waals surface area contributed by atoms with Crippen LogP contribution in [0.4, 0.5) is 0 Å². The Balaban J connectivity index is 1.98. The molecule has 3 aromatic heterocycles. The third kappa shape index (κ3) is 2.33. The molecule has 1 aliphatic carbocycles. The molecule has 0 aromatic carbocycles. The van der Waals surface area contributed by atoms with Gasteiger partial charge in [-0.3, -0.25) is 9.59 Å². The zero-order valence-corrected chi connectivity index (χ0v) is 16.2. The lowest BCUT2D eigenvalue weighted by Gasteiger charge is -2.08. The van der Waals surface area contributed by atoms with Gasteiger partial charge in [-0.2, -0.15) is 0 Å². The first-order valence-electron chi connectivity index (χ1n) is 7.50. The van der Waals surface area contributed by atoms with Gasteiger partial charge in [-0.25, -0.2) is 9.78 Å². The number of thiazole rings is 1. The molecule has 1 aliphatic rings. The third-order valence-corrected chi connectivity index (χ3v) is 7.42. The first-order chi connectivity index (χ1) is 12.5. The van der Waals surface area contributed by atoms with Crippen LogP contribution >= 0.6 is 34.0 Å². The predicted octanol–water partition coefficient (Wildman–Crippen LogP) is 4.33. The van der Waals surface area contributed by atoms with E-state index in [0.29, 0.717) is 25.7 Å². The Kier molecular flexibility index (Phi) is 3.98. The molecule has 5 nitrogen and oxygen atoms in total. The van der Waals surface area contributed by atoms with Crippen molar-refractivity contribution in [1.82, 2.24) is 4.98 Å². The molecule has 0 fully saturated rings. The van der Waals surface area contributed by atoms with Gasteiger partial charge in [0.15, 0.2) is 0 Å². The van der Waals surface area contributed by atoms with Gasteiger partial charge in [0.2, 0.25) is 11.6 Å². The molecule has 130 valence electrons. The standard InChI is InChI=1S/C18H11NO4S3/c1-4-8-11-12-14(21)13-18(24-7(2)19-13)15(22)17(12)26-16(11)9(25-8)5-6-10(20)23-3/h4-6H,1H2,2-3H3/b6-5-. The number of carbonyl (C=O) groups excluding carboxylic acids is 3. The number of ether oxygens (including phenoxy) is 1. The summed E-state index contributed by atoms with van der Waals surface area (Å²) in [5, 5.41) is 1.41. The zero-order chi connectivity index (χ0) is 18.6. The highest BCUT2D eigenvalue weighted by Gasteiger charge is 2.37. The van der Waals surface area contributed by atoms with E-state index < -0.39 is 5.97 Å². The molecule has 8 heteroatoms. The maximum Gasteiger partial charge on any atom is 0.330 e. The van der Waals surface area contributed by atoms with E-state index in [1.807, 2.05) is 0 Å². The van der Waals surface area contributed by atoms with E-state index in [2.05, 4.69) is 16.3 Å². The predicted molar refractivity (Wildman–Crippen MR) is 105 cm³/mol. The summed E-state index contributed by atoms with van der Waals surface area (Å²) in [5.74, 6) is -0.860. The fourth-order valence-electron chi connectivity index (χ4n) is 2.85. The lowest BCUT2D eigenvalue weighted by Crippen LogP contribution is -2.17. The fraction of sp³-hybridized carbons (Fsp3) is 0.111. The minimum atomic E-state index is -0.470. The first kappa shape index (κ1) is 17.0. The Morgan fingerprint density at radius 3 is 2.58 bits per heavy atom. The Labute approximate surface area is 160 Å². The van der Waals surface area contributed by atoms with Gasteiger partial charge in [0.1, 0.15) is 10.6 Å². The number of nitrogens with zero attached hydrogens (tertiary/aromatic N) is 1. The normalized spacial score (nSPS) is 13.3. The number of esters is 1. The smallest absolute Gasteiger partial charge is 0.330 e. The molecule has 0 N–H and O–H groups in total. The maximum absolute atomic E-state index is 13.0. The topological polar surface area (TPSA) is 73.3 Å². The Bertz CT molecular complexity index is 1160. The van der Waals surface area contributed by atoms with Crippen molar-refractivity contribution in [2.24, 2.45) is 0 Å². The van der Waals surface area contributed by atoms with Crippen molar-refractivity contribution in [2.75, 3.05) is 7.11 Å². The maximum atomic E-state index is 13.0. The molecule has 0 amide bonds. The third-order valence-electron chi connectivity index (χ3n) is 3.94. The molecular formula is C18H11NO4S3. The van der Waals surface area contributed by atoms with Crippen LogP contribution in [0.2, 0.25) is 0 Å². The number of hydrogen-bond acceptors (Lipinski definition) is 8. The van der Waals surface area contributed by atoms with Crippen LogP contribution in [0.1, 0.15) is 45.4 Å². The molecular weight excluding hydrogens is 390 g/mol. The van der Waals surface area contributed by atoms with Crippen molar-refractivity contribution in [3.8, 4) is 0 Å². The van der Waals surface area contributed by atoms with Gasteiger partial charge < -0.3 is 4.74 Å². The second-order valence-corrected chi connectivity index (χ2v) is 8.78. The average Bonchev–Trinajstić information content (AvgIpc) is 3.29. The summed E-state index contributed by atoms with van der Waals surface area (Å²) in [6.07, 6.45) is 4.62. The van der Waals surface area contributed by atoms with Crippen molar-refractivity contribution < 1.29 is 19.1 Å². The van der Waals surface area contributed by atoms with Crippen molar-refractivity contribution >= 4 is 73.8 Å². The summed E-state index contributed by atoms with van der Waals surface area (Å²) >= 11 is 3.93. The van der Waals surface area contributed by atoms with Gasteiger partial charge in [0, 0.05) is 21.2 Å². The molecule has 4 rings (SSSR count). The zero-order valence-electron chi connectivity index (χ0n) is 13.7. The number of fused-ring (bicyclic) bond motifs is 4. The van der Waals surface area contributed by atoms with Crippen molar-refractivity contribution in [3.05, 3.63) is 48.4 Å². The molecule has 26 heavy (non-hydrogen) atoms. The van der Waals surface area contributed by atoms with Crippen LogP contribution in [0.15, 0.2) is 12.7 Å². The van der Waals surface area contributed by atoms with E-state index in [-0.39, 0.29) is 17.3 Å². The van der Waals surface area contributed by atoms with Crippen LogP contribution in [0.5, 0.6) is 0 Å². The average molecular weight is 401 g/mol. The molecule has 0 atom stereocenters. The molecule has 0 saturated carbocycles. The summed E-state index contributed by atoms with van der Waals surface area (Å²) < 4.78 is 5.42. The number of carbonyl (C=O) groups is 3. The molecule has 3 heterocycles. The molecule has 0 aliphatic heterocycles. The fourth-order valence-corrected chi connectivity index (χ4v) is 6.23. The first-order valence-corrected chi connectivity index (χ1v) is 9.95. The van der Waals surface area contributed by atoms with E-state index in [1.54, 1.807) is 19.1 Å². The number of hydrogen-bond donors (Lipinski definition) is 0. The van der Waals surface area contributed by atoms with Crippen LogP contribution in [0.25, 0.3) is 22.2 Å². The summed E-state index contributed by atoms with van der Waals surface area (Å²) in [6, 6.07) is 0. The van der Waals surface area contributed by atoms with E-state index in [4.69, 9.17) is 0 Å². The van der Waals surface area contributed by atoms with Gasteiger partial charge in [0.05, 0.1) is 27.3 Å². The summed E-state index contributed by atoms with van der Waals surface area (Å²) in [4.78, 5) is 44.0. The highest BCUT2D eigenvalue weighted by Crippen LogP contribution is 2.46. The van der Waals surface area contributed by atoms with Gasteiger partial charge in [-0.05, 0) is 13.0 Å². The molecule has 0 bridgehead atoms. The number of aryl methyl sites for hydroxylation is 1. The quantitative estimate of drug-likeness (QED) is 0.377. The minimum Gasteiger partial charge on any atom is -0.466 e. The SMILES string of the molecule is C=Cc1sc(/C=C\C(=O)OC)c2sc3c(c12)C(=O)c1nc(C)sc1C3=O. The van der Waals surface area contributed by atoms with Gasteiger partial charge in [-0.1, -0.05) is 12.7 Å². The van der Waals surface area contributed by atoms with E-state index >= 15 is 0 Å². The van der Waals surface area contributed by atoms with Gasteiger partial charge in [0.25, 0.3) is 0 Å². The summed E-state index contributed by atoms with van der Waals surface area (Å²) in [7, 11) is 1.31. The van der Waals surface area contributed by atoms with Crippen molar-refractivity contribution in [3.63, 3.8) is 0 Å². The number of rotatable bonds is 3. The Hall–Kier alpha value is -2.42. The molecule has 3 aromatic rings. The summed E-state index contributed by atoms with van der Waals surface area (Å²) in [5.41, 5.74) is 0.634. The number of methoxy groups -OCH3 is 1. The van der Waals surface area contributed by atoms with Crippen LogP contribution in [-0.2, 0) is 9.53 Å². The van der Waals surface area contributed by atoms with Gasteiger partial charge >= 0.3 is 5.97 Å². The molecule has 0 radical (unpaired) electrons. The second kappa shape index (κ2) is 6.08. The molecule has 0 unspecified atom stereocenters. The number of thiophene rings is 2. The highest BCUT2D eigenvalue weighted by molar-refractivity contribution is 7.27. The Morgan fingerprint density at radius 2 is 1.88 bits per heavy atom. The monoisotopic (exact) mass is 401 g/mol. The Morgan fingerprint density at radius 1 is 1.12 bits per heavy atom. The van der Waals surface area contributed by atoms with Crippen molar-refractivity contribution in [2.45, 2.75) is 6.92 Å². The highest BCUT2D eigenvalue weighted by atomic mass is 32.1. The largest absolute Gasteiger partial charge is 0.466 e. The van der Waals surface area contributed by atoms with Crippen LogP contribution in [-0.4, -0.2) is 29.6 Å². The van der Waals surface area contributed by atoms with E-state index in [1.165, 1.54) is 47.2 Å². The number of aromatic nitrogens is 1. The van der Waals surface area contributed by atoms with E-state index in [0.717, 1.165) is 14.5 Å². The lowest BCUT2D eigenvalue weighted by atomic mass is 9.96. The van der Waals surface area contributed by atoms with Crippen LogP contribution in [0.3, 0.4) is 0 Å².